The zero-order valence-corrected chi connectivity index (χ0v) is 12.1. The first-order valence-electron chi connectivity index (χ1n) is 7.06. The van der Waals surface area contributed by atoms with E-state index in [0.717, 1.165) is 19.5 Å². The molecule has 0 spiro atoms. The van der Waals surface area contributed by atoms with E-state index in [2.05, 4.69) is 55.3 Å². The number of hydrogen-bond donors (Lipinski definition) is 1. The monoisotopic (exact) mass is 257 g/mol. The number of nitrogens with one attached hydrogen (secondary N) is 1. The maximum atomic E-state index is 9.07. The van der Waals surface area contributed by atoms with Crippen molar-refractivity contribution in [2.75, 3.05) is 18.0 Å². The number of anilines is 1. The van der Waals surface area contributed by atoms with Crippen molar-refractivity contribution in [2.45, 2.75) is 45.7 Å². The van der Waals surface area contributed by atoms with Crippen LogP contribution in [0.15, 0.2) is 18.2 Å². The van der Waals surface area contributed by atoms with Crippen LogP contribution >= 0.6 is 0 Å². The quantitative estimate of drug-likeness (QED) is 0.885. The summed E-state index contributed by atoms with van der Waals surface area (Å²) in [5.41, 5.74) is 3.83. The van der Waals surface area contributed by atoms with Gasteiger partial charge in [0.2, 0.25) is 0 Å². The zero-order valence-electron chi connectivity index (χ0n) is 12.1. The van der Waals surface area contributed by atoms with Crippen LogP contribution in [0.3, 0.4) is 0 Å². The van der Waals surface area contributed by atoms with Gasteiger partial charge in [-0.2, -0.15) is 5.26 Å². The highest BCUT2D eigenvalue weighted by molar-refractivity contribution is 5.53. The Bertz CT molecular complexity index is 455. The first-order chi connectivity index (χ1) is 9.11. The molecule has 2 rings (SSSR count). The van der Waals surface area contributed by atoms with Gasteiger partial charge in [-0.3, -0.25) is 0 Å². The average Bonchev–Trinajstić information content (AvgIpc) is 2.50. The number of aryl methyl sites for hydroxylation is 2. The summed E-state index contributed by atoms with van der Waals surface area (Å²) >= 11 is 0. The van der Waals surface area contributed by atoms with Crippen LogP contribution in [0.5, 0.6) is 0 Å². The summed E-state index contributed by atoms with van der Waals surface area (Å²) < 4.78 is 0. The van der Waals surface area contributed by atoms with Crippen LogP contribution in [0.4, 0.5) is 5.69 Å². The number of benzene rings is 1. The largest absolute Gasteiger partial charge is 0.363 e. The first kappa shape index (κ1) is 13.9. The van der Waals surface area contributed by atoms with Crippen LogP contribution in [0, 0.1) is 25.2 Å². The van der Waals surface area contributed by atoms with Gasteiger partial charge in [-0.1, -0.05) is 6.07 Å². The van der Waals surface area contributed by atoms with E-state index in [9.17, 15) is 0 Å². The highest BCUT2D eigenvalue weighted by atomic mass is 15.2. The summed E-state index contributed by atoms with van der Waals surface area (Å²) in [6.45, 7) is 8.46. The van der Waals surface area contributed by atoms with E-state index in [1.807, 2.05) is 0 Å². The first-order valence-corrected chi connectivity index (χ1v) is 7.06. The number of hydrogen-bond acceptors (Lipinski definition) is 3. The van der Waals surface area contributed by atoms with Gasteiger partial charge >= 0.3 is 0 Å². The predicted octanol–water partition coefficient (Wildman–Crippen LogP) is 2.77. The molecule has 0 aliphatic carbocycles. The molecule has 1 aromatic carbocycles. The molecule has 1 saturated heterocycles. The summed E-state index contributed by atoms with van der Waals surface area (Å²) in [5, 5.41) is 12.5. The van der Waals surface area contributed by atoms with E-state index in [1.165, 1.54) is 16.8 Å². The minimum absolute atomic E-state index is 0.267. The molecule has 19 heavy (non-hydrogen) atoms. The molecular weight excluding hydrogens is 234 g/mol. The lowest BCUT2D eigenvalue weighted by atomic mass is 10.0. The van der Waals surface area contributed by atoms with Crippen molar-refractivity contribution in [3.05, 3.63) is 29.3 Å². The summed E-state index contributed by atoms with van der Waals surface area (Å²) in [6.07, 6.45) is 1.69. The molecule has 0 amide bonds. The Labute approximate surface area is 116 Å². The summed E-state index contributed by atoms with van der Waals surface area (Å²) in [6, 6.07) is 9.74. The molecule has 3 heteroatoms. The van der Waals surface area contributed by atoms with Crippen LogP contribution in [-0.2, 0) is 0 Å². The summed E-state index contributed by atoms with van der Waals surface area (Å²) in [5.74, 6) is 0. The average molecular weight is 257 g/mol. The molecule has 0 radical (unpaired) electrons. The van der Waals surface area contributed by atoms with E-state index >= 15 is 0 Å². The van der Waals surface area contributed by atoms with E-state index in [4.69, 9.17) is 5.26 Å². The molecule has 1 aromatic rings. The molecule has 1 N–H and O–H groups in total. The fourth-order valence-electron chi connectivity index (χ4n) is 3.02. The number of nitrogens with zero attached hydrogens (tertiary/aromatic N) is 2. The third kappa shape index (κ3) is 3.27. The van der Waals surface area contributed by atoms with Gasteiger partial charge in [-0.05, 0) is 57.0 Å². The second kappa shape index (κ2) is 6.08. The molecule has 1 fully saturated rings. The third-order valence-electron chi connectivity index (χ3n) is 3.82. The van der Waals surface area contributed by atoms with Crippen molar-refractivity contribution in [3.8, 4) is 6.07 Å². The van der Waals surface area contributed by atoms with Crippen LogP contribution in [0.25, 0.3) is 0 Å². The Balaban J connectivity index is 2.37. The smallest absolute Gasteiger partial charge is 0.0643 e. The highest BCUT2D eigenvalue weighted by Gasteiger charge is 2.26. The maximum Gasteiger partial charge on any atom is 0.0643 e. The Morgan fingerprint density at radius 1 is 1.32 bits per heavy atom. The van der Waals surface area contributed by atoms with Gasteiger partial charge in [0.05, 0.1) is 18.5 Å². The van der Waals surface area contributed by atoms with E-state index < -0.39 is 0 Å². The standard InChI is InChI=1S/C16H23N3/c1-12-8-13(2)10-16(9-12)19-14(3)5-7-18-11-15(19)4-6-17/h8-10,14-15,18H,4-5,7,11H2,1-3H3. The van der Waals surface area contributed by atoms with E-state index in [0.29, 0.717) is 12.5 Å². The van der Waals surface area contributed by atoms with Gasteiger partial charge in [-0.25, -0.2) is 0 Å². The van der Waals surface area contributed by atoms with E-state index in [-0.39, 0.29) is 6.04 Å². The molecule has 1 aliphatic rings. The lowest BCUT2D eigenvalue weighted by molar-refractivity contribution is 0.551. The van der Waals surface area contributed by atoms with Gasteiger partial charge in [-0.15, -0.1) is 0 Å². The normalized spacial score (nSPS) is 23.8. The van der Waals surface area contributed by atoms with Crippen LogP contribution in [0.1, 0.15) is 30.9 Å². The number of nitriles is 1. The van der Waals surface area contributed by atoms with Gasteiger partial charge < -0.3 is 10.2 Å². The predicted molar refractivity (Wildman–Crippen MR) is 79.4 cm³/mol. The lowest BCUT2D eigenvalue weighted by Gasteiger charge is -2.36. The van der Waals surface area contributed by atoms with Gasteiger partial charge in [0.1, 0.15) is 0 Å². The maximum absolute atomic E-state index is 9.07. The van der Waals surface area contributed by atoms with Crippen molar-refractivity contribution in [3.63, 3.8) is 0 Å². The minimum atomic E-state index is 0.267. The minimum Gasteiger partial charge on any atom is -0.363 e. The van der Waals surface area contributed by atoms with Crippen molar-refractivity contribution < 1.29 is 0 Å². The molecule has 2 unspecified atom stereocenters. The van der Waals surface area contributed by atoms with Gasteiger partial charge in [0, 0.05) is 18.3 Å². The number of rotatable bonds is 2. The van der Waals surface area contributed by atoms with E-state index in [1.54, 1.807) is 0 Å². The molecule has 102 valence electrons. The molecule has 3 nitrogen and oxygen atoms in total. The molecule has 1 aliphatic heterocycles. The molecular formula is C16H23N3. The fraction of sp³-hybridized carbons (Fsp3) is 0.562. The van der Waals surface area contributed by atoms with Crippen LogP contribution in [-0.4, -0.2) is 25.2 Å². The summed E-state index contributed by atoms with van der Waals surface area (Å²) in [4.78, 5) is 2.43. The molecule has 0 aromatic heterocycles. The Hall–Kier alpha value is -1.53. The van der Waals surface area contributed by atoms with Crippen molar-refractivity contribution in [1.82, 2.24) is 5.32 Å². The molecule has 0 saturated carbocycles. The molecule has 0 bridgehead atoms. The Kier molecular flexibility index (Phi) is 4.44. The second-order valence-electron chi connectivity index (χ2n) is 5.61. The fourth-order valence-corrected chi connectivity index (χ4v) is 3.02. The van der Waals surface area contributed by atoms with Crippen molar-refractivity contribution in [1.29, 1.82) is 5.26 Å². The SMILES string of the molecule is Cc1cc(C)cc(N2C(C)CCNCC2CC#N)c1. The van der Waals surface area contributed by atoms with Crippen molar-refractivity contribution in [2.24, 2.45) is 0 Å². The lowest BCUT2D eigenvalue weighted by Crippen LogP contribution is -2.43. The van der Waals surface area contributed by atoms with Crippen molar-refractivity contribution >= 4 is 5.69 Å². The van der Waals surface area contributed by atoms with Gasteiger partial charge in [0.25, 0.3) is 0 Å². The third-order valence-corrected chi connectivity index (χ3v) is 3.82. The topological polar surface area (TPSA) is 39.1 Å². The second-order valence-corrected chi connectivity index (χ2v) is 5.61. The Morgan fingerprint density at radius 2 is 2.00 bits per heavy atom. The zero-order chi connectivity index (χ0) is 13.8. The van der Waals surface area contributed by atoms with Gasteiger partial charge in [0.15, 0.2) is 0 Å². The highest BCUT2D eigenvalue weighted by Crippen LogP contribution is 2.26. The van der Waals surface area contributed by atoms with Crippen LogP contribution in [0.2, 0.25) is 0 Å². The Morgan fingerprint density at radius 3 is 2.63 bits per heavy atom. The molecule has 1 heterocycles. The van der Waals surface area contributed by atoms with Crippen LogP contribution < -0.4 is 10.2 Å². The molecule has 2 atom stereocenters. The summed E-state index contributed by atoms with van der Waals surface area (Å²) in [7, 11) is 0.